The van der Waals surface area contributed by atoms with Crippen molar-refractivity contribution >= 4 is 0 Å². The minimum Gasteiger partial charge on any atom is -0.297 e. The van der Waals surface area contributed by atoms with Crippen LogP contribution in [0.15, 0.2) is 18.5 Å². The molecular formula is C11H15FN2. The van der Waals surface area contributed by atoms with Crippen LogP contribution in [0, 0.1) is 6.92 Å². The molecule has 14 heavy (non-hydrogen) atoms. The summed E-state index contributed by atoms with van der Waals surface area (Å²) in [6.07, 6.45) is 4.10. The second-order valence-corrected chi connectivity index (χ2v) is 3.91. The molecule has 1 aromatic heterocycles. The molecule has 0 unspecified atom stereocenters. The number of aryl methyl sites for hydroxylation is 1. The molecule has 2 nitrogen and oxygen atoms in total. The summed E-state index contributed by atoms with van der Waals surface area (Å²) in [5.41, 5.74) is 2.55. The molecule has 2 rings (SSSR count). The summed E-state index contributed by atoms with van der Waals surface area (Å²) in [5.74, 6) is 0. The number of nitrogens with zero attached hydrogens (tertiary/aromatic N) is 2. The Morgan fingerprint density at radius 1 is 1.57 bits per heavy atom. The van der Waals surface area contributed by atoms with Gasteiger partial charge in [-0.25, -0.2) is 4.39 Å². The molecule has 0 spiro atoms. The molecule has 0 N–H and O–H groups in total. The molecule has 0 saturated carbocycles. The SMILES string of the molecule is Cc1ccncc1CCN1CC(F)C1. The van der Waals surface area contributed by atoms with Crippen molar-refractivity contribution in [1.82, 2.24) is 9.88 Å². The number of pyridine rings is 1. The molecule has 0 bridgehead atoms. The highest BCUT2D eigenvalue weighted by Gasteiger charge is 2.25. The van der Waals surface area contributed by atoms with Gasteiger partial charge in [0.05, 0.1) is 0 Å². The maximum atomic E-state index is 12.5. The fraction of sp³-hybridized carbons (Fsp3) is 0.545. The van der Waals surface area contributed by atoms with E-state index >= 15 is 0 Å². The lowest BCUT2D eigenvalue weighted by atomic mass is 10.1. The first kappa shape index (κ1) is 9.59. The zero-order valence-corrected chi connectivity index (χ0v) is 8.41. The van der Waals surface area contributed by atoms with Crippen LogP contribution in [0.2, 0.25) is 0 Å². The Balaban J connectivity index is 1.83. The first-order valence-corrected chi connectivity index (χ1v) is 5.01. The number of hydrogen-bond donors (Lipinski definition) is 0. The van der Waals surface area contributed by atoms with Crippen LogP contribution >= 0.6 is 0 Å². The van der Waals surface area contributed by atoms with E-state index < -0.39 is 6.17 Å². The predicted octanol–water partition coefficient (Wildman–Crippen LogP) is 1.59. The van der Waals surface area contributed by atoms with Gasteiger partial charge < -0.3 is 0 Å². The van der Waals surface area contributed by atoms with Crippen molar-refractivity contribution in [3.05, 3.63) is 29.6 Å². The largest absolute Gasteiger partial charge is 0.297 e. The van der Waals surface area contributed by atoms with Gasteiger partial charge in [-0.3, -0.25) is 9.88 Å². The number of halogens is 1. The van der Waals surface area contributed by atoms with Crippen LogP contribution in [0.1, 0.15) is 11.1 Å². The normalized spacial score (nSPS) is 18.1. The van der Waals surface area contributed by atoms with Crippen molar-refractivity contribution in [3.8, 4) is 0 Å². The summed E-state index contributed by atoms with van der Waals surface area (Å²) in [4.78, 5) is 6.23. The lowest BCUT2D eigenvalue weighted by Gasteiger charge is -2.34. The summed E-state index contributed by atoms with van der Waals surface area (Å²) in [6.45, 7) is 4.26. The van der Waals surface area contributed by atoms with Crippen LogP contribution < -0.4 is 0 Å². The summed E-state index contributed by atoms with van der Waals surface area (Å²) in [7, 11) is 0. The fourth-order valence-electron chi connectivity index (χ4n) is 1.73. The number of likely N-dealkylation sites (tertiary alicyclic amines) is 1. The maximum absolute atomic E-state index is 12.5. The van der Waals surface area contributed by atoms with Crippen molar-refractivity contribution in [3.63, 3.8) is 0 Å². The second kappa shape index (κ2) is 4.05. The average molecular weight is 194 g/mol. The van der Waals surface area contributed by atoms with E-state index in [1.807, 2.05) is 12.3 Å². The van der Waals surface area contributed by atoms with E-state index in [1.165, 1.54) is 11.1 Å². The van der Waals surface area contributed by atoms with Gasteiger partial charge in [0, 0.05) is 32.0 Å². The molecule has 1 aliphatic heterocycles. The second-order valence-electron chi connectivity index (χ2n) is 3.91. The highest BCUT2D eigenvalue weighted by Crippen LogP contribution is 2.13. The van der Waals surface area contributed by atoms with Crippen LogP contribution in [0.3, 0.4) is 0 Å². The molecular weight excluding hydrogens is 179 g/mol. The fourth-order valence-corrected chi connectivity index (χ4v) is 1.73. The molecule has 0 atom stereocenters. The third-order valence-electron chi connectivity index (χ3n) is 2.76. The standard InChI is InChI=1S/C11H15FN2/c1-9-2-4-13-6-10(9)3-5-14-7-11(12)8-14/h2,4,6,11H,3,5,7-8H2,1H3. The van der Waals surface area contributed by atoms with Gasteiger partial charge in [-0.2, -0.15) is 0 Å². The lowest BCUT2D eigenvalue weighted by molar-refractivity contribution is 0.0670. The van der Waals surface area contributed by atoms with Gasteiger partial charge in [-0.05, 0) is 30.5 Å². The minimum absolute atomic E-state index is 0.593. The molecule has 1 aromatic rings. The van der Waals surface area contributed by atoms with Crippen LogP contribution in [0.4, 0.5) is 4.39 Å². The zero-order valence-electron chi connectivity index (χ0n) is 8.41. The van der Waals surface area contributed by atoms with Gasteiger partial charge in [0.1, 0.15) is 6.17 Å². The van der Waals surface area contributed by atoms with E-state index in [0.717, 1.165) is 13.0 Å². The van der Waals surface area contributed by atoms with Crippen LogP contribution in [-0.4, -0.2) is 35.7 Å². The predicted molar refractivity (Wildman–Crippen MR) is 54.0 cm³/mol. The quantitative estimate of drug-likeness (QED) is 0.726. The number of rotatable bonds is 3. The molecule has 1 fully saturated rings. The smallest absolute Gasteiger partial charge is 0.125 e. The molecule has 0 radical (unpaired) electrons. The highest BCUT2D eigenvalue weighted by atomic mass is 19.1. The van der Waals surface area contributed by atoms with Gasteiger partial charge in [-0.15, -0.1) is 0 Å². The van der Waals surface area contributed by atoms with Gasteiger partial charge >= 0.3 is 0 Å². The molecule has 76 valence electrons. The van der Waals surface area contributed by atoms with Gasteiger partial charge in [0.2, 0.25) is 0 Å². The Hall–Kier alpha value is -0.960. The topological polar surface area (TPSA) is 16.1 Å². The van der Waals surface area contributed by atoms with E-state index in [-0.39, 0.29) is 0 Å². The molecule has 1 saturated heterocycles. The Kier molecular flexibility index (Phi) is 2.77. The summed E-state index contributed by atoms with van der Waals surface area (Å²) in [5, 5.41) is 0. The number of alkyl halides is 1. The van der Waals surface area contributed by atoms with E-state index in [1.54, 1.807) is 6.20 Å². The van der Waals surface area contributed by atoms with Crippen molar-refractivity contribution < 1.29 is 4.39 Å². The Morgan fingerprint density at radius 3 is 3.00 bits per heavy atom. The van der Waals surface area contributed by atoms with E-state index in [2.05, 4.69) is 16.8 Å². The monoisotopic (exact) mass is 194 g/mol. The number of hydrogen-bond acceptors (Lipinski definition) is 2. The Bertz CT molecular complexity index is 308. The van der Waals surface area contributed by atoms with Crippen LogP contribution in [0.5, 0.6) is 0 Å². The van der Waals surface area contributed by atoms with Crippen molar-refractivity contribution in [2.75, 3.05) is 19.6 Å². The van der Waals surface area contributed by atoms with Gasteiger partial charge in [0.25, 0.3) is 0 Å². The lowest BCUT2D eigenvalue weighted by Crippen LogP contribution is -2.48. The Morgan fingerprint density at radius 2 is 2.36 bits per heavy atom. The summed E-state index contributed by atoms with van der Waals surface area (Å²) in [6, 6.07) is 2.02. The number of aromatic nitrogens is 1. The molecule has 2 heterocycles. The minimum atomic E-state index is -0.593. The first-order chi connectivity index (χ1) is 6.75. The van der Waals surface area contributed by atoms with E-state index in [0.29, 0.717) is 13.1 Å². The van der Waals surface area contributed by atoms with Crippen molar-refractivity contribution in [2.45, 2.75) is 19.5 Å². The molecule has 0 aliphatic carbocycles. The van der Waals surface area contributed by atoms with Gasteiger partial charge in [0.15, 0.2) is 0 Å². The third kappa shape index (κ3) is 2.10. The molecule has 1 aliphatic rings. The van der Waals surface area contributed by atoms with E-state index in [9.17, 15) is 4.39 Å². The van der Waals surface area contributed by atoms with Crippen molar-refractivity contribution in [2.24, 2.45) is 0 Å². The van der Waals surface area contributed by atoms with Crippen molar-refractivity contribution in [1.29, 1.82) is 0 Å². The third-order valence-corrected chi connectivity index (χ3v) is 2.76. The van der Waals surface area contributed by atoms with Crippen LogP contribution in [-0.2, 0) is 6.42 Å². The Labute approximate surface area is 83.8 Å². The molecule has 0 amide bonds. The maximum Gasteiger partial charge on any atom is 0.125 e. The molecule has 3 heteroatoms. The van der Waals surface area contributed by atoms with Crippen LogP contribution in [0.25, 0.3) is 0 Å². The molecule has 0 aromatic carbocycles. The van der Waals surface area contributed by atoms with Gasteiger partial charge in [-0.1, -0.05) is 0 Å². The summed E-state index contributed by atoms with van der Waals surface area (Å²) < 4.78 is 12.5. The average Bonchev–Trinajstić information content (AvgIpc) is 2.13. The highest BCUT2D eigenvalue weighted by molar-refractivity contribution is 5.21. The summed E-state index contributed by atoms with van der Waals surface area (Å²) >= 11 is 0. The zero-order chi connectivity index (χ0) is 9.97. The van der Waals surface area contributed by atoms with E-state index in [4.69, 9.17) is 0 Å². The first-order valence-electron chi connectivity index (χ1n) is 5.01.